The summed E-state index contributed by atoms with van der Waals surface area (Å²) < 4.78 is 25.8. The van der Waals surface area contributed by atoms with Gasteiger partial charge < -0.3 is 5.32 Å². The van der Waals surface area contributed by atoms with E-state index in [0.717, 1.165) is 4.88 Å². The van der Waals surface area contributed by atoms with Gasteiger partial charge in [0, 0.05) is 31.1 Å². The molecule has 1 rings (SSSR count). The minimum Gasteiger partial charge on any atom is -0.310 e. The minimum absolute atomic E-state index is 0.399. The molecule has 1 N–H and O–H groups in total. The molecule has 17 heavy (non-hydrogen) atoms. The number of thiophene rings is 1. The van der Waals surface area contributed by atoms with Crippen molar-refractivity contribution >= 4 is 21.4 Å². The Morgan fingerprint density at radius 1 is 1.41 bits per heavy atom. The van der Waals surface area contributed by atoms with Crippen LogP contribution in [0, 0.1) is 0 Å². The number of nitrogens with zero attached hydrogens (tertiary/aromatic N) is 1. The average molecular weight is 276 g/mol. The van der Waals surface area contributed by atoms with Crippen molar-refractivity contribution in [2.24, 2.45) is 0 Å². The summed E-state index contributed by atoms with van der Waals surface area (Å²) in [6, 6.07) is 3.95. The Bertz CT molecular complexity index is 452. The van der Waals surface area contributed by atoms with Gasteiger partial charge in [-0.1, -0.05) is 20.8 Å². The van der Waals surface area contributed by atoms with E-state index in [4.69, 9.17) is 0 Å². The highest BCUT2D eigenvalue weighted by Crippen LogP contribution is 2.24. The van der Waals surface area contributed by atoms with Crippen molar-refractivity contribution in [2.45, 2.75) is 37.6 Å². The summed E-state index contributed by atoms with van der Waals surface area (Å²) in [7, 11) is -1.68. The van der Waals surface area contributed by atoms with Gasteiger partial charge in [0.2, 0.25) is 0 Å². The summed E-state index contributed by atoms with van der Waals surface area (Å²) in [6.45, 7) is 7.16. The van der Waals surface area contributed by atoms with Gasteiger partial charge in [0.25, 0.3) is 10.0 Å². The summed E-state index contributed by atoms with van der Waals surface area (Å²) in [4.78, 5) is 1.04. The Labute approximate surface area is 108 Å². The molecule has 0 aliphatic rings. The molecule has 0 saturated heterocycles. The van der Waals surface area contributed by atoms with Crippen LogP contribution in [0.25, 0.3) is 0 Å². The highest BCUT2D eigenvalue weighted by Gasteiger charge is 2.21. The maximum atomic E-state index is 12.0. The second-order valence-corrected chi connectivity index (χ2v) is 7.62. The first-order valence-corrected chi connectivity index (χ1v) is 7.92. The van der Waals surface area contributed by atoms with Crippen molar-refractivity contribution in [3.05, 3.63) is 17.0 Å². The topological polar surface area (TPSA) is 49.4 Å². The van der Waals surface area contributed by atoms with E-state index in [1.165, 1.54) is 15.6 Å². The maximum absolute atomic E-state index is 12.0. The summed E-state index contributed by atoms with van der Waals surface area (Å²) in [5.41, 5.74) is 0. The van der Waals surface area contributed by atoms with E-state index in [-0.39, 0.29) is 0 Å². The van der Waals surface area contributed by atoms with Gasteiger partial charge in [-0.05, 0) is 12.1 Å². The predicted octanol–water partition coefficient (Wildman–Crippen LogP) is 1.89. The summed E-state index contributed by atoms with van der Waals surface area (Å²) >= 11 is 1.33. The standard InChI is InChI=1S/C11H20N2O2S2/c1-5-13(4)17(14,15)11-7-6-10(16-11)8-12-9(2)3/h6-7,9,12H,5,8H2,1-4H3. The van der Waals surface area contributed by atoms with Gasteiger partial charge in [-0.15, -0.1) is 11.3 Å². The van der Waals surface area contributed by atoms with Gasteiger partial charge in [-0.3, -0.25) is 0 Å². The molecule has 0 aromatic carbocycles. The van der Waals surface area contributed by atoms with Crippen LogP contribution in [0.15, 0.2) is 16.3 Å². The van der Waals surface area contributed by atoms with Crippen LogP contribution in [0.3, 0.4) is 0 Å². The van der Waals surface area contributed by atoms with Gasteiger partial charge in [0.15, 0.2) is 0 Å². The molecular weight excluding hydrogens is 256 g/mol. The molecule has 98 valence electrons. The molecule has 0 amide bonds. The Hall–Kier alpha value is -0.430. The highest BCUT2D eigenvalue weighted by atomic mass is 32.2. The first kappa shape index (κ1) is 14.6. The third-order valence-corrected chi connectivity index (χ3v) is 5.92. The predicted molar refractivity (Wildman–Crippen MR) is 71.8 cm³/mol. The Kier molecular flexibility index (Phi) is 5.12. The fraction of sp³-hybridized carbons (Fsp3) is 0.636. The van der Waals surface area contributed by atoms with Crippen LogP contribution < -0.4 is 5.32 Å². The van der Waals surface area contributed by atoms with Crippen LogP contribution in [0.2, 0.25) is 0 Å². The van der Waals surface area contributed by atoms with E-state index < -0.39 is 10.0 Å². The Morgan fingerprint density at radius 3 is 2.59 bits per heavy atom. The van der Waals surface area contributed by atoms with Gasteiger partial charge in [-0.2, -0.15) is 0 Å². The van der Waals surface area contributed by atoms with Crippen LogP contribution in [-0.4, -0.2) is 32.4 Å². The van der Waals surface area contributed by atoms with E-state index in [1.54, 1.807) is 13.1 Å². The lowest BCUT2D eigenvalue weighted by Crippen LogP contribution is -2.25. The SMILES string of the molecule is CCN(C)S(=O)(=O)c1ccc(CNC(C)C)s1. The van der Waals surface area contributed by atoms with E-state index in [9.17, 15) is 8.42 Å². The number of hydrogen-bond donors (Lipinski definition) is 1. The van der Waals surface area contributed by atoms with Crippen LogP contribution in [0.4, 0.5) is 0 Å². The smallest absolute Gasteiger partial charge is 0.252 e. The van der Waals surface area contributed by atoms with Crippen molar-refractivity contribution in [1.82, 2.24) is 9.62 Å². The van der Waals surface area contributed by atoms with Crippen molar-refractivity contribution in [3.63, 3.8) is 0 Å². The average Bonchev–Trinajstić information content (AvgIpc) is 2.74. The maximum Gasteiger partial charge on any atom is 0.252 e. The fourth-order valence-corrected chi connectivity index (χ4v) is 3.92. The summed E-state index contributed by atoms with van der Waals surface area (Å²) in [6.07, 6.45) is 0. The zero-order valence-corrected chi connectivity index (χ0v) is 12.4. The van der Waals surface area contributed by atoms with Gasteiger partial charge in [0.1, 0.15) is 4.21 Å². The van der Waals surface area contributed by atoms with E-state index in [0.29, 0.717) is 23.3 Å². The molecule has 0 unspecified atom stereocenters. The molecule has 0 saturated carbocycles. The number of nitrogens with one attached hydrogen (secondary N) is 1. The molecule has 1 aromatic rings. The second kappa shape index (κ2) is 5.95. The molecule has 0 aliphatic heterocycles. The van der Waals surface area contributed by atoms with Crippen molar-refractivity contribution in [3.8, 4) is 0 Å². The van der Waals surface area contributed by atoms with E-state index >= 15 is 0 Å². The van der Waals surface area contributed by atoms with E-state index in [2.05, 4.69) is 19.2 Å². The molecular formula is C11H20N2O2S2. The monoisotopic (exact) mass is 276 g/mol. The quantitative estimate of drug-likeness (QED) is 0.863. The summed E-state index contributed by atoms with van der Waals surface area (Å²) in [5, 5.41) is 3.27. The second-order valence-electron chi connectivity index (χ2n) is 4.18. The van der Waals surface area contributed by atoms with Crippen LogP contribution in [-0.2, 0) is 16.6 Å². The molecule has 0 aliphatic carbocycles. The highest BCUT2D eigenvalue weighted by molar-refractivity contribution is 7.91. The zero-order chi connectivity index (χ0) is 13.1. The Morgan fingerprint density at radius 2 is 2.06 bits per heavy atom. The third kappa shape index (κ3) is 3.77. The molecule has 6 heteroatoms. The van der Waals surface area contributed by atoms with Crippen LogP contribution in [0.1, 0.15) is 25.6 Å². The largest absolute Gasteiger partial charge is 0.310 e. The lowest BCUT2D eigenvalue weighted by Gasteiger charge is -2.12. The third-order valence-electron chi connectivity index (χ3n) is 2.43. The van der Waals surface area contributed by atoms with Gasteiger partial charge in [0.05, 0.1) is 0 Å². The number of hydrogen-bond acceptors (Lipinski definition) is 4. The molecule has 4 nitrogen and oxygen atoms in total. The molecule has 0 atom stereocenters. The lowest BCUT2D eigenvalue weighted by molar-refractivity contribution is 0.488. The van der Waals surface area contributed by atoms with Crippen LogP contribution in [0.5, 0.6) is 0 Å². The van der Waals surface area contributed by atoms with E-state index in [1.807, 2.05) is 13.0 Å². The number of rotatable bonds is 6. The molecule has 0 radical (unpaired) electrons. The normalized spacial score (nSPS) is 12.6. The molecule has 0 spiro atoms. The molecule has 1 heterocycles. The molecule has 0 fully saturated rings. The first-order chi connectivity index (χ1) is 7.87. The molecule has 1 aromatic heterocycles. The zero-order valence-electron chi connectivity index (χ0n) is 10.7. The first-order valence-electron chi connectivity index (χ1n) is 5.66. The lowest BCUT2D eigenvalue weighted by atomic mass is 10.4. The van der Waals surface area contributed by atoms with Crippen LogP contribution >= 0.6 is 11.3 Å². The fourth-order valence-electron chi connectivity index (χ4n) is 1.22. The van der Waals surface area contributed by atoms with Gasteiger partial charge >= 0.3 is 0 Å². The molecule has 0 bridgehead atoms. The summed E-state index contributed by atoms with van der Waals surface area (Å²) in [5.74, 6) is 0. The van der Waals surface area contributed by atoms with Gasteiger partial charge in [-0.25, -0.2) is 12.7 Å². The Balaban J connectivity index is 2.81. The van der Waals surface area contributed by atoms with Crippen molar-refractivity contribution < 1.29 is 8.42 Å². The van der Waals surface area contributed by atoms with Crippen molar-refractivity contribution in [1.29, 1.82) is 0 Å². The minimum atomic E-state index is -3.28. The number of sulfonamides is 1. The van der Waals surface area contributed by atoms with Crippen molar-refractivity contribution in [2.75, 3.05) is 13.6 Å².